The largest absolute Gasteiger partial charge is 0.456 e. The summed E-state index contributed by atoms with van der Waals surface area (Å²) in [5, 5.41) is 0.718. The predicted octanol–water partition coefficient (Wildman–Crippen LogP) is 13.9. The summed E-state index contributed by atoms with van der Waals surface area (Å²) in [5.74, 6) is -0.177. The van der Waals surface area contributed by atoms with Gasteiger partial charge < -0.3 is 9.32 Å². The smallest absolute Gasteiger partial charge is 0.164 e. The van der Waals surface area contributed by atoms with Crippen LogP contribution in [0.3, 0.4) is 0 Å². The van der Waals surface area contributed by atoms with E-state index in [1.54, 1.807) is 30.3 Å². The van der Waals surface area contributed by atoms with E-state index in [-0.39, 0.29) is 56.8 Å². The molecule has 0 N–H and O–H groups in total. The highest BCUT2D eigenvalue weighted by Crippen LogP contribution is 2.50. The Balaban J connectivity index is 1.07. The van der Waals surface area contributed by atoms with Crippen LogP contribution < -0.4 is 4.90 Å². The third kappa shape index (κ3) is 5.98. The van der Waals surface area contributed by atoms with Crippen molar-refractivity contribution in [2.45, 2.75) is 12.0 Å². The summed E-state index contributed by atoms with van der Waals surface area (Å²) < 4.78 is 158. The number of anilines is 2. The standard InChI is InChI=1S/C55H38N4O/c1-3-35-32-47-45-21-11-12-23-48(45)59(49(47)33-36(35)4-2)43-20-13-19-41(31-43)42-29-30-46-51(34-42)60-50-24-14-22-44(52(46)50)37-25-27-40(28-26-37)55-57-53(38-15-7-5-8-16-38)56-54(58-55)39-17-9-6-10-18-39/h3-34,47,49H,1-2H2/i1D,2D,3D,4D,11D,12D,13D,14D,19D,20D,21D,22D,23D,24D,31D,32D,33D. The second-order valence-electron chi connectivity index (χ2n) is 14.0. The van der Waals surface area contributed by atoms with E-state index in [2.05, 4.69) is 0 Å². The lowest BCUT2D eigenvalue weighted by Gasteiger charge is -2.31. The maximum Gasteiger partial charge on any atom is 0.164 e. The van der Waals surface area contributed by atoms with Gasteiger partial charge in [0.2, 0.25) is 0 Å². The zero-order valence-electron chi connectivity index (χ0n) is 48.3. The van der Waals surface area contributed by atoms with Crippen molar-refractivity contribution in [3.8, 4) is 56.4 Å². The van der Waals surface area contributed by atoms with Gasteiger partial charge in [0.15, 0.2) is 17.5 Å². The van der Waals surface area contributed by atoms with E-state index in [0.717, 1.165) is 16.0 Å². The molecule has 0 amide bonds. The van der Waals surface area contributed by atoms with Crippen LogP contribution in [-0.2, 0) is 0 Å². The Kier molecular flexibility index (Phi) is 5.25. The van der Waals surface area contributed by atoms with Gasteiger partial charge >= 0.3 is 0 Å². The van der Waals surface area contributed by atoms with Gasteiger partial charge in [0, 0.05) is 44.8 Å². The molecule has 0 saturated carbocycles. The molecule has 2 unspecified atom stereocenters. The van der Waals surface area contributed by atoms with Crippen molar-refractivity contribution in [2.24, 2.45) is 0 Å². The minimum atomic E-state index is -1.60. The number of aromatic nitrogens is 3. The summed E-state index contributed by atoms with van der Waals surface area (Å²) in [6, 6.07) is 20.4. The molecule has 0 bridgehead atoms. The molecule has 5 heteroatoms. The van der Waals surface area contributed by atoms with Crippen LogP contribution in [0.5, 0.6) is 0 Å². The zero-order valence-corrected chi connectivity index (χ0v) is 31.3. The first-order valence-corrected chi connectivity index (χ1v) is 18.9. The SMILES string of the molecule is [2H]C=C([2H])C1=C([2H])C2c3c([2H])c([2H])c([2H])c([2H])c3N(c3c([2H])c([2H])c([2H])c(-c4ccc5c(c4)oc4c([2H])c([2H])c([2H])c(-c6ccc(-c7nc(-c8ccccc8)nc(-c8ccccc8)n7)cc6)c45)c3[2H])C2C([2H])=C1C([2H])=C[2H]. The molecule has 11 rings (SSSR count). The molecule has 5 nitrogen and oxygen atoms in total. The number of allylic oxidation sites excluding steroid dienone is 4. The van der Waals surface area contributed by atoms with Crippen LogP contribution in [0.15, 0.2) is 222 Å². The minimum absolute atomic E-state index is 0.0304. The fourth-order valence-corrected chi connectivity index (χ4v) is 7.74. The van der Waals surface area contributed by atoms with Crippen LogP contribution >= 0.6 is 0 Å². The summed E-state index contributed by atoms with van der Waals surface area (Å²) in [5.41, 5.74) is 1.06. The van der Waals surface area contributed by atoms with E-state index in [1.807, 2.05) is 60.7 Å². The maximum atomic E-state index is 9.80. The molecule has 1 aliphatic heterocycles. The monoisotopic (exact) mass is 787 g/mol. The van der Waals surface area contributed by atoms with Gasteiger partial charge in [-0.25, -0.2) is 15.0 Å². The Labute approximate surface area is 372 Å². The number of nitrogens with zero attached hydrogens (tertiary/aromatic N) is 4. The van der Waals surface area contributed by atoms with Gasteiger partial charge in [-0.3, -0.25) is 0 Å². The average Bonchev–Trinajstić information content (AvgIpc) is 4.26. The minimum Gasteiger partial charge on any atom is -0.456 e. The second kappa shape index (κ2) is 14.5. The molecule has 1 aliphatic carbocycles. The average molecular weight is 788 g/mol. The third-order valence-corrected chi connectivity index (χ3v) is 10.5. The molecule has 0 spiro atoms. The van der Waals surface area contributed by atoms with Crippen LogP contribution in [-0.4, -0.2) is 21.0 Å². The predicted molar refractivity (Wildman–Crippen MR) is 246 cm³/mol. The first-order valence-electron chi connectivity index (χ1n) is 27.5. The Morgan fingerprint density at radius 3 is 1.95 bits per heavy atom. The lowest BCUT2D eigenvalue weighted by atomic mass is 9.84. The van der Waals surface area contributed by atoms with E-state index in [9.17, 15) is 8.22 Å². The van der Waals surface area contributed by atoms with Crippen LogP contribution in [0, 0.1) is 0 Å². The lowest BCUT2D eigenvalue weighted by Crippen LogP contribution is -2.29. The van der Waals surface area contributed by atoms with Crippen molar-refractivity contribution in [3.05, 3.63) is 224 Å². The Bertz CT molecular complexity index is 4080. The molecular formula is C55H38N4O. The molecule has 60 heavy (non-hydrogen) atoms. The Morgan fingerprint density at radius 1 is 0.600 bits per heavy atom. The van der Waals surface area contributed by atoms with E-state index in [4.69, 9.17) is 34.4 Å². The molecule has 2 aromatic heterocycles. The zero-order chi connectivity index (χ0) is 54.6. The molecule has 0 saturated heterocycles. The molecule has 2 aliphatic rings. The van der Waals surface area contributed by atoms with Crippen LogP contribution in [0.25, 0.3) is 78.4 Å². The number of hydrogen-bond acceptors (Lipinski definition) is 5. The lowest BCUT2D eigenvalue weighted by molar-refractivity contribution is 0.669. The number of rotatable bonds is 8. The van der Waals surface area contributed by atoms with E-state index in [1.165, 1.54) is 12.1 Å². The Morgan fingerprint density at radius 2 is 1.23 bits per heavy atom. The number of benzene rings is 7. The van der Waals surface area contributed by atoms with Crippen molar-refractivity contribution in [1.82, 2.24) is 15.0 Å². The van der Waals surface area contributed by atoms with Gasteiger partial charge in [0.25, 0.3) is 0 Å². The molecule has 284 valence electrons. The highest BCUT2D eigenvalue weighted by molar-refractivity contribution is 6.13. The highest BCUT2D eigenvalue weighted by Gasteiger charge is 2.39. The number of hydrogen-bond donors (Lipinski definition) is 0. The molecule has 7 aromatic carbocycles. The third-order valence-electron chi connectivity index (χ3n) is 10.5. The van der Waals surface area contributed by atoms with Crippen molar-refractivity contribution in [2.75, 3.05) is 4.90 Å². The highest BCUT2D eigenvalue weighted by atomic mass is 16.3. The van der Waals surface area contributed by atoms with E-state index >= 15 is 0 Å². The maximum absolute atomic E-state index is 9.80. The summed E-state index contributed by atoms with van der Waals surface area (Å²) >= 11 is 0. The summed E-state index contributed by atoms with van der Waals surface area (Å²) in [6.45, 7) is 1.16. The quantitative estimate of drug-likeness (QED) is 0.153. The molecule has 9 aromatic rings. The van der Waals surface area contributed by atoms with E-state index in [0.29, 0.717) is 52.5 Å². The van der Waals surface area contributed by atoms with Gasteiger partial charge in [-0.2, -0.15) is 0 Å². The topological polar surface area (TPSA) is 55.1 Å². The van der Waals surface area contributed by atoms with Gasteiger partial charge in [-0.1, -0.05) is 171 Å². The molecule has 2 atom stereocenters. The Hall–Kier alpha value is -7.89. The van der Waals surface area contributed by atoms with E-state index < -0.39 is 102 Å². The molecular weight excluding hydrogens is 733 g/mol. The first-order chi connectivity index (χ1) is 36.9. The fourth-order valence-electron chi connectivity index (χ4n) is 7.74. The van der Waals surface area contributed by atoms with Gasteiger partial charge in [0.1, 0.15) is 11.2 Å². The number of furan rings is 1. The summed E-state index contributed by atoms with van der Waals surface area (Å²) in [7, 11) is 0. The van der Waals surface area contributed by atoms with Crippen LogP contribution in [0.2, 0.25) is 0 Å². The summed E-state index contributed by atoms with van der Waals surface area (Å²) in [4.78, 5) is 15.5. The van der Waals surface area contributed by atoms with Crippen molar-refractivity contribution < 1.29 is 27.7 Å². The molecule has 0 fully saturated rings. The fraction of sp³-hybridized carbons (Fsp3) is 0.0364. The normalized spacial score (nSPS) is 20.7. The van der Waals surface area contributed by atoms with Gasteiger partial charge in [0.05, 0.1) is 29.3 Å². The summed E-state index contributed by atoms with van der Waals surface area (Å²) in [6.07, 6.45) is 0. The number of para-hydroxylation sites is 1. The number of fused-ring (bicyclic) bond motifs is 6. The molecule has 3 heterocycles. The van der Waals surface area contributed by atoms with Crippen LogP contribution in [0.1, 0.15) is 34.8 Å². The second-order valence-corrected chi connectivity index (χ2v) is 14.0. The van der Waals surface area contributed by atoms with Crippen LogP contribution in [0.4, 0.5) is 11.4 Å². The van der Waals surface area contributed by atoms with Crippen molar-refractivity contribution in [1.29, 1.82) is 0 Å². The van der Waals surface area contributed by atoms with Crippen molar-refractivity contribution >= 4 is 33.3 Å². The van der Waals surface area contributed by atoms with Crippen molar-refractivity contribution in [3.63, 3.8) is 0 Å². The van der Waals surface area contributed by atoms with Gasteiger partial charge in [-0.15, -0.1) is 0 Å². The molecule has 0 radical (unpaired) electrons. The first kappa shape index (κ1) is 21.8. The van der Waals surface area contributed by atoms with Gasteiger partial charge in [-0.05, 0) is 75.3 Å².